The fraction of sp³-hybridized carbons (Fsp3) is 0.375. The molecule has 1 N–H and O–H groups in total. The second kappa shape index (κ2) is 6.54. The molecule has 1 fully saturated rings. The molecular weight excluding hydrogens is 292 g/mol. The summed E-state index contributed by atoms with van der Waals surface area (Å²) >= 11 is 1.74. The van der Waals surface area contributed by atoms with E-state index in [0.29, 0.717) is 18.5 Å². The highest BCUT2D eigenvalue weighted by atomic mass is 32.1. The molecule has 0 aliphatic heterocycles. The van der Waals surface area contributed by atoms with Gasteiger partial charge in [-0.05, 0) is 36.3 Å². The first kappa shape index (κ1) is 14.5. The van der Waals surface area contributed by atoms with Crippen LogP contribution in [0.25, 0.3) is 0 Å². The smallest absolute Gasteiger partial charge is 0.387 e. The predicted octanol–water partition coefficient (Wildman–Crippen LogP) is 4.59. The molecule has 0 spiro atoms. The van der Waals surface area contributed by atoms with Crippen LogP contribution in [0.1, 0.15) is 29.3 Å². The van der Waals surface area contributed by atoms with E-state index in [1.54, 1.807) is 23.5 Å². The first-order valence-corrected chi connectivity index (χ1v) is 7.91. The Morgan fingerprint density at radius 1 is 1.19 bits per heavy atom. The van der Waals surface area contributed by atoms with Gasteiger partial charge < -0.3 is 10.1 Å². The number of para-hydroxylation sites is 1. The molecule has 2 aromatic rings. The highest BCUT2D eigenvalue weighted by molar-refractivity contribution is 7.10. The number of hydrogen-bond donors (Lipinski definition) is 1. The maximum absolute atomic E-state index is 12.4. The van der Waals surface area contributed by atoms with Crippen molar-refractivity contribution in [1.29, 1.82) is 0 Å². The zero-order valence-corrected chi connectivity index (χ0v) is 12.3. The van der Waals surface area contributed by atoms with Crippen molar-refractivity contribution in [2.24, 2.45) is 5.92 Å². The van der Waals surface area contributed by atoms with Crippen LogP contribution in [0.4, 0.5) is 8.78 Å². The van der Waals surface area contributed by atoms with Crippen LogP contribution in [-0.4, -0.2) is 6.61 Å². The van der Waals surface area contributed by atoms with Gasteiger partial charge in [0.2, 0.25) is 0 Å². The zero-order chi connectivity index (χ0) is 14.7. The van der Waals surface area contributed by atoms with Gasteiger partial charge in [0, 0.05) is 23.0 Å². The van der Waals surface area contributed by atoms with Gasteiger partial charge in [-0.2, -0.15) is 8.78 Å². The molecule has 1 saturated carbocycles. The van der Waals surface area contributed by atoms with Crippen molar-refractivity contribution in [3.05, 3.63) is 52.2 Å². The van der Waals surface area contributed by atoms with Crippen LogP contribution in [-0.2, 0) is 6.54 Å². The van der Waals surface area contributed by atoms with Crippen LogP contribution in [0.5, 0.6) is 5.75 Å². The quantitative estimate of drug-likeness (QED) is 0.807. The van der Waals surface area contributed by atoms with Crippen molar-refractivity contribution >= 4 is 11.3 Å². The molecule has 1 aliphatic carbocycles. The van der Waals surface area contributed by atoms with Gasteiger partial charge >= 0.3 is 6.61 Å². The first-order valence-electron chi connectivity index (χ1n) is 7.03. The second-order valence-electron chi connectivity index (χ2n) is 5.20. The number of halogens is 2. The maximum Gasteiger partial charge on any atom is 0.387 e. The number of hydrogen-bond acceptors (Lipinski definition) is 3. The molecule has 1 aliphatic rings. The van der Waals surface area contributed by atoms with E-state index in [1.807, 2.05) is 18.2 Å². The Labute approximate surface area is 126 Å². The third kappa shape index (κ3) is 3.80. The summed E-state index contributed by atoms with van der Waals surface area (Å²) in [5, 5.41) is 5.57. The van der Waals surface area contributed by atoms with Crippen molar-refractivity contribution in [3.63, 3.8) is 0 Å². The molecule has 1 unspecified atom stereocenters. The van der Waals surface area contributed by atoms with Gasteiger partial charge in [-0.15, -0.1) is 11.3 Å². The summed E-state index contributed by atoms with van der Waals surface area (Å²) in [5.74, 6) is 0.910. The molecule has 0 amide bonds. The van der Waals surface area contributed by atoms with Gasteiger partial charge in [-0.1, -0.05) is 24.3 Å². The number of alkyl halides is 2. The summed E-state index contributed by atoms with van der Waals surface area (Å²) < 4.78 is 29.4. The maximum atomic E-state index is 12.4. The highest BCUT2D eigenvalue weighted by Gasteiger charge is 2.32. The topological polar surface area (TPSA) is 21.3 Å². The minimum atomic E-state index is -2.79. The van der Waals surface area contributed by atoms with E-state index in [-0.39, 0.29) is 5.75 Å². The van der Waals surface area contributed by atoms with Gasteiger partial charge in [0.1, 0.15) is 5.75 Å². The SMILES string of the molecule is FC(F)Oc1ccccc1CNC(c1cccs1)C1CC1. The molecule has 0 saturated heterocycles. The van der Waals surface area contributed by atoms with E-state index < -0.39 is 6.61 Å². The van der Waals surface area contributed by atoms with Crippen LogP contribution in [0, 0.1) is 5.92 Å². The van der Waals surface area contributed by atoms with Gasteiger partial charge in [-0.3, -0.25) is 0 Å². The van der Waals surface area contributed by atoms with Crippen LogP contribution in [0.3, 0.4) is 0 Å². The number of nitrogens with one attached hydrogen (secondary N) is 1. The number of ether oxygens (including phenoxy) is 1. The number of thiophene rings is 1. The number of benzene rings is 1. The molecule has 1 atom stereocenters. The lowest BCUT2D eigenvalue weighted by Gasteiger charge is -2.18. The summed E-state index contributed by atoms with van der Waals surface area (Å²) in [4.78, 5) is 1.31. The predicted molar refractivity (Wildman–Crippen MR) is 79.7 cm³/mol. The zero-order valence-electron chi connectivity index (χ0n) is 11.5. The second-order valence-corrected chi connectivity index (χ2v) is 6.18. The average molecular weight is 309 g/mol. The van der Waals surface area contributed by atoms with Crippen LogP contribution in [0.2, 0.25) is 0 Å². The standard InChI is InChI=1S/C16H17F2NOS/c17-16(18)20-13-5-2-1-4-12(13)10-19-15(11-7-8-11)14-6-3-9-21-14/h1-6,9,11,15-16,19H,7-8,10H2. The fourth-order valence-electron chi connectivity index (χ4n) is 2.48. The largest absolute Gasteiger partial charge is 0.434 e. The molecule has 1 heterocycles. The van der Waals surface area contributed by atoms with Gasteiger partial charge in [0.25, 0.3) is 0 Å². The monoisotopic (exact) mass is 309 g/mol. The third-order valence-corrected chi connectivity index (χ3v) is 4.60. The van der Waals surface area contributed by atoms with Crippen molar-refractivity contribution in [1.82, 2.24) is 5.32 Å². The fourth-order valence-corrected chi connectivity index (χ4v) is 3.37. The lowest BCUT2D eigenvalue weighted by molar-refractivity contribution is -0.0505. The molecule has 3 rings (SSSR count). The van der Waals surface area contributed by atoms with E-state index in [2.05, 4.69) is 21.5 Å². The van der Waals surface area contributed by atoms with Crippen molar-refractivity contribution in [2.75, 3.05) is 0 Å². The van der Waals surface area contributed by atoms with Crippen molar-refractivity contribution in [3.8, 4) is 5.75 Å². The van der Waals surface area contributed by atoms with Crippen LogP contribution < -0.4 is 10.1 Å². The van der Waals surface area contributed by atoms with Crippen LogP contribution in [0.15, 0.2) is 41.8 Å². The minimum absolute atomic E-state index is 0.251. The first-order chi connectivity index (χ1) is 10.2. The van der Waals surface area contributed by atoms with Crippen molar-refractivity contribution < 1.29 is 13.5 Å². The average Bonchev–Trinajstić information content (AvgIpc) is 3.15. The van der Waals surface area contributed by atoms with Crippen LogP contribution >= 0.6 is 11.3 Å². The van der Waals surface area contributed by atoms with E-state index in [1.165, 1.54) is 17.7 Å². The van der Waals surface area contributed by atoms with E-state index >= 15 is 0 Å². The summed E-state index contributed by atoms with van der Waals surface area (Å²) in [6.07, 6.45) is 2.45. The Balaban J connectivity index is 1.69. The van der Waals surface area contributed by atoms with Gasteiger partial charge in [-0.25, -0.2) is 0 Å². The number of rotatable bonds is 7. The normalized spacial score (nSPS) is 16.1. The molecule has 112 valence electrons. The molecule has 1 aromatic heterocycles. The molecular formula is C16H17F2NOS. The molecule has 5 heteroatoms. The molecule has 0 bridgehead atoms. The lowest BCUT2D eigenvalue weighted by atomic mass is 10.1. The molecule has 0 radical (unpaired) electrons. The summed E-state index contributed by atoms with van der Waals surface area (Å²) in [5.41, 5.74) is 0.764. The van der Waals surface area contributed by atoms with Gasteiger partial charge in [0.05, 0.1) is 0 Å². The summed E-state index contributed by atoms with van der Waals surface area (Å²) in [6, 6.07) is 11.4. The summed E-state index contributed by atoms with van der Waals surface area (Å²) in [6.45, 7) is -2.26. The molecule has 2 nitrogen and oxygen atoms in total. The Hall–Kier alpha value is -1.46. The van der Waals surface area contributed by atoms with Crippen molar-refractivity contribution in [2.45, 2.75) is 32.0 Å². The molecule has 1 aromatic carbocycles. The van der Waals surface area contributed by atoms with Gasteiger partial charge in [0.15, 0.2) is 0 Å². The lowest BCUT2D eigenvalue weighted by Crippen LogP contribution is -2.22. The van der Waals surface area contributed by atoms with E-state index in [9.17, 15) is 8.78 Å². The Kier molecular flexibility index (Phi) is 4.51. The molecule has 21 heavy (non-hydrogen) atoms. The van der Waals surface area contributed by atoms with E-state index in [0.717, 1.165) is 5.56 Å². The Bertz CT molecular complexity index is 569. The third-order valence-electron chi connectivity index (χ3n) is 3.64. The summed E-state index contributed by atoms with van der Waals surface area (Å²) in [7, 11) is 0. The Morgan fingerprint density at radius 2 is 2.00 bits per heavy atom. The van der Waals surface area contributed by atoms with E-state index in [4.69, 9.17) is 0 Å². The Morgan fingerprint density at radius 3 is 2.67 bits per heavy atom. The minimum Gasteiger partial charge on any atom is -0.434 e. The highest BCUT2D eigenvalue weighted by Crippen LogP contribution is 2.42.